The van der Waals surface area contributed by atoms with E-state index in [4.69, 9.17) is 10.00 Å². The molecule has 0 N–H and O–H groups in total. The van der Waals surface area contributed by atoms with Crippen LogP contribution in [0.25, 0.3) is 0 Å². The van der Waals surface area contributed by atoms with Crippen LogP contribution in [0.1, 0.15) is 34.6 Å². The van der Waals surface area contributed by atoms with Crippen LogP contribution in [-0.2, 0) is 7.05 Å². The molecule has 21 heavy (non-hydrogen) atoms. The number of hydrogen-bond donors (Lipinski definition) is 0. The first-order chi connectivity index (χ1) is 9.99. The molecule has 0 fully saturated rings. The second-order valence-electron chi connectivity index (χ2n) is 4.73. The Morgan fingerprint density at radius 2 is 2.00 bits per heavy atom. The number of nitriles is 1. The van der Waals surface area contributed by atoms with Crippen LogP contribution < -0.4 is 4.74 Å². The molecule has 108 valence electrons. The predicted octanol–water partition coefficient (Wildman–Crippen LogP) is 3.65. The number of aromatic nitrogens is 1. The third kappa shape index (κ3) is 2.86. The van der Waals surface area contributed by atoms with Gasteiger partial charge < -0.3 is 9.30 Å². The maximum absolute atomic E-state index is 12.6. The Morgan fingerprint density at radius 3 is 2.52 bits per heavy atom. The number of methoxy groups -OCH3 is 1. The summed E-state index contributed by atoms with van der Waals surface area (Å²) in [6.07, 6.45) is 0. The molecule has 1 heterocycles. The highest BCUT2D eigenvalue weighted by molar-refractivity contribution is 9.10. The molecule has 0 saturated carbocycles. The Balaban J connectivity index is 2.44. The van der Waals surface area contributed by atoms with Gasteiger partial charge in [0.25, 0.3) is 0 Å². The predicted molar refractivity (Wildman–Crippen MR) is 83.6 cm³/mol. The Bertz CT molecular complexity index is 711. The molecule has 1 atom stereocenters. The summed E-state index contributed by atoms with van der Waals surface area (Å²) in [5.74, 6) is 0.337. The van der Waals surface area contributed by atoms with Gasteiger partial charge in [-0.3, -0.25) is 4.79 Å². The van der Waals surface area contributed by atoms with Crippen molar-refractivity contribution in [3.8, 4) is 11.8 Å². The number of hydrogen-bond acceptors (Lipinski definition) is 3. The fraction of sp³-hybridized carbons (Fsp3) is 0.250. The lowest BCUT2D eigenvalue weighted by molar-refractivity contribution is 0.103. The van der Waals surface area contributed by atoms with E-state index in [-0.39, 0.29) is 11.7 Å². The largest absolute Gasteiger partial charge is 0.497 e. The Kier molecular flexibility index (Phi) is 4.49. The highest BCUT2D eigenvalue weighted by Gasteiger charge is 2.21. The molecule has 0 aliphatic heterocycles. The molecule has 5 heteroatoms. The molecule has 0 amide bonds. The number of ether oxygens (including phenoxy) is 1. The summed E-state index contributed by atoms with van der Waals surface area (Å²) < 4.78 is 7.56. The third-order valence-electron chi connectivity index (χ3n) is 3.43. The Morgan fingerprint density at radius 1 is 1.38 bits per heavy atom. The number of ketones is 1. The van der Waals surface area contributed by atoms with E-state index in [1.165, 1.54) is 0 Å². The van der Waals surface area contributed by atoms with Crippen molar-refractivity contribution in [1.29, 1.82) is 5.26 Å². The van der Waals surface area contributed by atoms with Gasteiger partial charge in [0.05, 0.1) is 19.1 Å². The zero-order valence-electron chi connectivity index (χ0n) is 12.1. The highest BCUT2D eigenvalue weighted by atomic mass is 79.9. The van der Waals surface area contributed by atoms with Crippen LogP contribution in [0.5, 0.6) is 5.75 Å². The fourth-order valence-electron chi connectivity index (χ4n) is 2.21. The lowest BCUT2D eigenvalue weighted by Gasteiger charge is -2.09. The number of nitrogens with zero attached hydrogens (tertiary/aromatic N) is 2. The third-order valence-corrected chi connectivity index (χ3v) is 4.03. The number of benzene rings is 1. The first-order valence-corrected chi connectivity index (χ1v) is 7.22. The van der Waals surface area contributed by atoms with Crippen LogP contribution in [0.2, 0.25) is 0 Å². The number of rotatable bonds is 4. The number of halogens is 1. The number of carbonyl (C=O) groups excluding carboxylic acids is 1. The summed E-state index contributed by atoms with van der Waals surface area (Å²) in [5, 5.41) is 9.05. The van der Waals surface area contributed by atoms with Gasteiger partial charge in [-0.05, 0) is 53.2 Å². The van der Waals surface area contributed by atoms with E-state index in [1.54, 1.807) is 43.0 Å². The van der Waals surface area contributed by atoms with Gasteiger partial charge in [-0.2, -0.15) is 5.26 Å². The average Bonchev–Trinajstić information content (AvgIpc) is 2.80. The maximum Gasteiger partial charge on any atom is 0.210 e. The van der Waals surface area contributed by atoms with Crippen LogP contribution in [0.15, 0.2) is 34.8 Å². The second kappa shape index (κ2) is 6.15. The van der Waals surface area contributed by atoms with Crippen molar-refractivity contribution in [2.75, 3.05) is 7.11 Å². The molecule has 1 unspecified atom stereocenters. The lowest BCUT2D eigenvalue weighted by atomic mass is 10.1. The molecule has 0 aliphatic carbocycles. The van der Waals surface area contributed by atoms with Crippen LogP contribution in [-0.4, -0.2) is 17.5 Å². The normalized spacial score (nSPS) is 11.8. The van der Waals surface area contributed by atoms with Crippen LogP contribution in [0, 0.1) is 11.3 Å². The Hall–Kier alpha value is -2.06. The summed E-state index contributed by atoms with van der Waals surface area (Å²) >= 11 is 3.42. The quantitative estimate of drug-likeness (QED) is 0.794. The molecular weight excluding hydrogens is 332 g/mol. The first kappa shape index (κ1) is 15.3. The maximum atomic E-state index is 12.6. The Labute approximate surface area is 132 Å². The van der Waals surface area contributed by atoms with Crippen molar-refractivity contribution in [1.82, 2.24) is 4.57 Å². The van der Waals surface area contributed by atoms with E-state index in [0.717, 1.165) is 5.69 Å². The summed E-state index contributed by atoms with van der Waals surface area (Å²) in [6, 6.07) is 11.0. The smallest absolute Gasteiger partial charge is 0.210 e. The number of carbonyl (C=O) groups is 1. The molecule has 2 rings (SSSR count). The van der Waals surface area contributed by atoms with Crippen molar-refractivity contribution in [2.45, 2.75) is 12.8 Å². The van der Waals surface area contributed by atoms with Gasteiger partial charge in [-0.15, -0.1) is 0 Å². The van der Waals surface area contributed by atoms with Crippen LogP contribution in [0.3, 0.4) is 0 Å². The van der Waals surface area contributed by atoms with Gasteiger partial charge in [0, 0.05) is 22.8 Å². The molecule has 1 aromatic heterocycles. The van der Waals surface area contributed by atoms with E-state index in [1.807, 2.05) is 13.0 Å². The summed E-state index contributed by atoms with van der Waals surface area (Å²) in [5.41, 5.74) is 1.92. The molecule has 4 nitrogen and oxygen atoms in total. The highest BCUT2D eigenvalue weighted by Crippen LogP contribution is 2.28. The lowest BCUT2D eigenvalue weighted by Crippen LogP contribution is -2.10. The van der Waals surface area contributed by atoms with E-state index in [2.05, 4.69) is 22.0 Å². The zero-order chi connectivity index (χ0) is 15.6. The van der Waals surface area contributed by atoms with Crippen molar-refractivity contribution >= 4 is 21.7 Å². The van der Waals surface area contributed by atoms with Gasteiger partial charge >= 0.3 is 0 Å². The minimum atomic E-state index is -0.274. The second-order valence-corrected chi connectivity index (χ2v) is 5.59. The fourth-order valence-corrected chi connectivity index (χ4v) is 2.89. The van der Waals surface area contributed by atoms with E-state index >= 15 is 0 Å². The first-order valence-electron chi connectivity index (χ1n) is 6.43. The zero-order valence-corrected chi connectivity index (χ0v) is 13.6. The van der Waals surface area contributed by atoms with Crippen molar-refractivity contribution in [3.05, 3.63) is 51.8 Å². The summed E-state index contributed by atoms with van der Waals surface area (Å²) in [7, 11) is 3.38. The van der Waals surface area contributed by atoms with Crippen molar-refractivity contribution in [3.63, 3.8) is 0 Å². The van der Waals surface area contributed by atoms with Crippen LogP contribution in [0.4, 0.5) is 0 Å². The van der Waals surface area contributed by atoms with Crippen molar-refractivity contribution in [2.24, 2.45) is 7.05 Å². The topological polar surface area (TPSA) is 55.0 Å². The molecule has 2 aromatic rings. The van der Waals surface area contributed by atoms with Crippen molar-refractivity contribution < 1.29 is 9.53 Å². The molecule has 0 spiro atoms. The molecule has 0 aliphatic rings. The standard InChI is InChI=1S/C16H15BrN2O2/c1-10(9-18)14-8-13(17)15(19(14)2)16(20)11-4-6-12(21-3)7-5-11/h4-8,10H,1-3H3. The SMILES string of the molecule is COc1ccc(C(=O)c2c(Br)cc(C(C)C#N)n2C)cc1. The van der Waals surface area contributed by atoms with Gasteiger partial charge in [0.1, 0.15) is 11.4 Å². The van der Waals surface area contributed by atoms with Gasteiger partial charge in [-0.25, -0.2) is 0 Å². The van der Waals surface area contributed by atoms with Gasteiger partial charge in [-0.1, -0.05) is 0 Å². The molecule has 0 bridgehead atoms. The molecule has 0 saturated heterocycles. The minimum Gasteiger partial charge on any atom is -0.497 e. The van der Waals surface area contributed by atoms with E-state index in [0.29, 0.717) is 21.5 Å². The monoisotopic (exact) mass is 346 g/mol. The summed E-state index contributed by atoms with van der Waals surface area (Å²) in [6.45, 7) is 1.81. The molecule has 0 radical (unpaired) electrons. The van der Waals surface area contributed by atoms with Gasteiger partial charge in [0.2, 0.25) is 5.78 Å². The van der Waals surface area contributed by atoms with E-state index < -0.39 is 0 Å². The minimum absolute atomic E-state index is 0.0941. The molecule has 1 aromatic carbocycles. The molecular formula is C16H15BrN2O2. The van der Waals surface area contributed by atoms with Gasteiger partial charge in [0.15, 0.2) is 0 Å². The van der Waals surface area contributed by atoms with E-state index in [9.17, 15) is 4.79 Å². The van der Waals surface area contributed by atoms with Crippen LogP contribution >= 0.6 is 15.9 Å². The summed E-state index contributed by atoms with van der Waals surface area (Å²) in [4.78, 5) is 12.6. The average molecular weight is 347 g/mol.